The number of hydrogen-bond acceptors (Lipinski definition) is 9. The van der Waals surface area contributed by atoms with Gasteiger partial charge in [-0.25, -0.2) is 9.69 Å². The largest absolute Gasteiger partial charge is 0.466 e. The molecule has 2 aliphatic heterocycles. The summed E-state index contributed by atoms with van der Waals surface area (Å²) in [6, 6.07) is 4.05. The number of ether oxygens (including phenoxy) is 3. The molecule has 37 heavy (non-hydrogen) atoms. The van der Waals surface area contributed by atoms with E-state index in [-0.39, 0.29) is 24.0 Å². The van der Waals surface area contributed by atoms with Gasteiger partial charge in [-0.3, -0.25) is 14.7 Å². The number of carbonyl (C=O) groups excluding carboxylic acids is 2. The maximum atomic E-state index is 14.1. The van der Waals surface area contributed by atoms with Crippen molar-refractivity contribution in [1.29, 1.82) is 0 Å². The SMILES string of the molecule is CCOC(=O)C1CCC(OC(C(=O)OC(C)(C)C)(N2CCCC2)N2CCN(c3ccncc3)CC2)CC1. The molecule has 1 aliphatic carbocycles. The van der Waals surface area contributed by atoms with Crippen LogP contribution in [0.25, 0.3) is 0 Å². The van der Waals surface area contributed by atoms with Gasteiger partial charge < -0.3 is 19.1 Å². The van der Waals surface area contributed by atoms with Gasteiger partial charge in [-0.1, -0.05) is 0 Å². The molecule has 3 fully saturated rings. The van der Waals surface area contributed by atoms with Gasteiger partial charge in [0.2, 0.25) is 0 Å². The number of rotatable bonds is 8. The van der Waals surface area contributed by atoms with Gasteiger partial charge >= 0.3 is 11.9 Å². The van der Waals surface area contributed by atoms with Crippen molar-refractivity contribution >= 4 is 17.6 Å². The number of esters is 2. The Kier molecular flexibility index (Phi) is 9.08. The average molecular weight is 517 g/mol. The highest BCUT2D eigenvalue weighted by atomic mass is 16.6. The van der Waals surface area contributed by atoms with Gasteiger partial charge in [-0.15, -0.1) is 0 Å². The summed E-state index contributed by atoms with van der Waals surface area (Å²) in [5, 5.41) is 0. The van der Waals surface area contributed by atoms with Crippen molar-refractivity contribution in [3.63, 3.8) is 0 Å². The first-order chi connectivity index (χ1) is 17.7. The fraction of sp³-hybridized carbons (Fsp3) is 0.750. The van der Waals surface area contributed by atoms with Crippen molar-refractivity contribution in [3.8, 4) is 0 Å². The highest BCUT2D eigenvalue weighted by Crippen LogP contribution is 2.37. The van der Waals surface area contributed by atoms with Crippen LogP contribution in [-0.4, -0.2) is 90.2 Å². The predicted molar refractivity (Wildman–Crippen MR) is 141 cm³/mol. The van der Waals surface area contributed by atoms with Crippen LogP contribution < -0.4 is 4.90 Å². The molecule has 2 saturated heterocycles. The van der Waals surface area contributed by atoms with Crippen LogP contribution >= 0.6 is 0 Å². The summed E-state index contributed by atoms with van der Waals surface area (Å²) in [6.45, 7) is 12.5. The number of hydrogen-bond donors (Lipinski definition) is 0. The first-order valence-corrected chi connectivity index (χ1v) is 14.0. The zero-order chi connectivity index (χ0) is 26.5. The Morgan fingerprint density at radius 2 is 1.51 bits per heavy atom. The summed E-state index contributed by atoms with van der Waals surface area (Å²) < 4.78 is 18.3. The van der Waals surface area contributed by atoms with Crippen molar-refractivity contribution in [1.82, 2.24) is 14.8 Å². The third-order valence-corrected chi connectivity index (χ3v) is 7.56. The van der Waals surface area contributed by atoms with E-state index in [9.17, 15) is 9.59 Å². The molecular weight excluding hydrogens is 472 g/mol. The molecule has 0 N–H and O–H groups in total. The molecule has 9 heteroatoms. The molecule has 4 rings (SSSR count). The van der Waals surface area contributed by atoms with Gasteiger partial charge in [-0.05, 0) is 78.4 Å². The lowest BCUT2D eigenvalue weighted by Crippen LogP contribution is -2.71. The average Bonchev–Trinajstić information content (AvgIpc) is 3.43. The van der Waals surface area contributed by atoms with Crippen molar-refractivity contribution in [3.05, 3.63) is 24.5 Å². The maximum Gasteiger partial charge on any atom is 0.371 e. The second-order valence-corrected chi connectivity index (χ2v) is 11.3. The minimum atomic E-state index is -1.27. The number of likely N-dealkylation sites (tertiary alicyclic amines) is 1. The van der Waals surface area contributed by atoms with E-state index < -0.39 is 11.4 Å². The molecule has 3 heterocycles. The molecule has 3 aliphatic rings. The molecule has 0 radical (unpaired) electrons. The van der Waals surface area contributed by atoms with Gasteiger partial charge in [0, 0.05) is 57.3 Å². The molecular formula is C28H44N4O5. The minimum absolute atomic E-state index is 0.0913. The van der Waals surface area contributed by atoms with E-state index in [0.717, 1.165) is 57.5 Å². The molecule has 1 unspecified atom stereocenters. The molecule has 1 saturated carbocycles. The summed E-state index contributed by atoms with van der Waals surface area (Å²) in [6.07, 6.45) is 8.42. The molecule has 206 valence electrons. The zero-order valence-electron chi connectivity index (χ0n) is 23.0. The number of carbonyl (C=O) groups is 2. The summed E-state index contributed by atoms with van der Waals surface area (Å²) >= 11 is 0. The van der Waals surface area contributed by atoms with Crippen LogP contribution in [0.5, 0.6) is 0 Å². The summed E-state index contributed by atoms with van der Waals surface area (Å²) in [4.78, 5) is 37.3. The molecule has 9 nitrogen and oxygen atoms in total. The topological polar surface area (TPSA) is 84.4 Å². The molecule has 1 aromatic rings. The summed E-state index contributed by atoms with van der Waals surface area (Å²) in [5.41, 5.74) is 0.503. The highest BCUT2D eigenvalue weighted by molar-refractivity contribution is 5.79. The molecule has 1 aromatic heterocycles. The van der Waals surface area contributed by atoms with Crippen molar-refractivity contribution < 1.29 is 23.8 Å². The molecule has 0 spiro atoms. The Hall–Kier alpha value is -2.23. The normalized spacial score (nSPS) is 25.5. The Morgan fingerprint density at radius 3 is 2.08 bits per heavy atom. The predicted octanol–water partition coefficient (Wildman–Crippen LogP) is 3.43. The van der Waals surface area contributed by atoms with Crippen LogP contribution in [-0.2, 0) is 23.8 Å². The molecule has 0 bridgehead atoms. The van der Waals surface area contributed by atoms with E-state index in [1.54, 1.807) is 0 Å². The number of aromatic nitrogens is 1. The molecule has 0 amide bonds. The van der Waals surface area contributed by atoms with Crippen LogP contribution in [0.1, 0.15) is 66.2 Å². The van der Waals surface area contributed by atoms with E-state index in [4.69, 9.17) is 14.2 Å². The summed E-state index contributed by atoms with van der Waals surface area (Å²) in [5.74, 6) is -1.81. The quantitative estimate of drug-likeness (QED) is 0.483. The van der Waals surface area contributed by atoms with E-state index in [1.807, 2.05) is 52.2 Å². The fourth-order valence-electron chi connectivity index (χ4n) is 5.75. The Bertz CT molecular complexity index is 886. The van der Waals surface area contributed by atoms with Crippen LogP contribution in [0.4, 0.5) is 5.69 Å². The Morgan fingerprint density at radius 1 is 0.919 bits per heavy atom. The number of piperazine rings is 1. The van der Waals surface area contributed by atoms with Gasteiger partial charge in [0.1, 0.15) is 5.60 Å². The lowest BCUT2D eigenvalue weighted by Gasteiger charge is -2.51. The van der Waals surface area contributed by atoms with Crippen LogP contribution in [0.2, 0.25) is 0 Å². The second-order valence-electron chi connectivity index (χ2n) is 11.3. The lowest BCUT2D eigenvalue weighted by molar-refractivity contribution is -0.278. The van der Waals surface area contributed by atoms with E-state index in [1.165, 1.54) is 0 Å². The van der Waals surface area contributed by atoms with E-state index in [2.05, 4.69) is 19.7 Å². The van der Waals surface area contributed by atoms with Crippen LogP contribution in [0, 0.1) is 5.92 Å². The molecule has 0 aromatic carbocycles. The Balaban J connectivity index is 1.56. The van der Waals surface area contributed by atoms with E-state index >= 15 is 0 Å². The third-order valence-electron chi connectivity index (χ3n) is 7.56. The number of nitrogens with zero attached hydrogens (tertiary/aromatic N) is 4. The third kappa shape index (κ3) is 6.62. The van der Waals surface area contributed by atoms with Crippen molar-refractivity contribution in [2.45, 2.75) is 83.8 Å². The fourth-order valence-corrected chi connectivity index (χ4v) is 5.75. The first-order valence-electron chi connectivity index (χ1n) is 14.0. The minimum Gasteiger partial charge on any atom is -0.466 e. The second kappa shape index (κ2) is 12.1. The van der Waals surface area contributed by atoms with Crippen molar-refractivity contribution in [2.75, 3.05) is 50.8 Å². The van der Waals surface area contributed by atoms with E-state index in [0.29, 0.717) is 32.5 Å². The highest BCUT2D eigenvalue weighted by Gasteiger charge is 2.55. The monoisotopic (exact) mass is 516 g/mol. The lowest BCUT2D eigenvalue weighted by atomic mass is 9.87. The summed E-state index contributed by atoms with van der Waals surface area (Å²) in [7, 11) is 0. The smallest absolute Gasteiger partial charge is 0.371 e. The Labute approximate surface area is 221 Å². The standard InChI is InChI=1S/C28H44N4O5/c1-5-35-25(33)22-8-10-24(11-9-22)36-28(31-16-6-7-17-31,26(34)37-27(2,3)4)32-20-18-30(19-21-32)23-12-14-29-15-13-23/h12-15,22,24H,5-11,16-21H2,1-4H3. The number of anilines is 1. The van der Waals surface area contributed by atoms with Gasteiger partial charge in [-0.2, -0.15) is 0 Å². The van der Waals surface area contributed by atoms with Crippen LogP contribution in [0.15, 0.2) is 24.5 Å². The van der Waals surface area contributed by atoms with Gasteiger partial charge in [0.15, 0.2) is 0 Å². The van der Waals surface area contributed by atoms with Gasteiger partial charge in [0.05, 0.1) is 18.6 Å². The number of pyridine rings is 1. The zero-order valence-corrected chi connectivity index (χ0v) is 23.0. The maximum absolute atomic E-state index is 14.1. The van der Waals surface area contributed by atoms with Crippen LogP contribution in [0.3, 0.4) is 0 Å². The first kappa shape index (κ1) is 27.8. The molecule has 1 atom stereocenters. The van der Waals surface area contributed by atoms with Crippen molar-refractivity contribution in [2.24, 2.45) is 5.92 Å². The van der Waals surface area contributed by atoms with Gasteiger partial charge in [0.25, 0.3) is 5.85 Å².